The van der Waals surface area contributed by atoms with Crippen LogP contribution in [0.25, 0.3) is 0 Å². The highest BCUT2D eigenvalue weighted by molar-refractivity contribution is 7.99. The van der Waals surface area contributed by atoms with Gasteiger partial charge in [0.25, 0.3) is 5.91 Å². The van der Waals surface area contributed by atoms with Crippen molar-refractivity contribution in [2.75, 3.05) is 29.9 Å². The molecule has 1 saturated heterocycles. The Balaban J connectivity index is 1.79. The Kier molecular flexibility index (Phi) is 6.11. The van der Waals surface area contributed by atoms with Gasteiger partial charge in [-0.3, -0.25) is 4.79 Å². The Labute approximate surface area is 124 Å². The number of hydrogen-bond acceptors (Lipinski definition) is 5. The van der Waals surface area contributed by atoms with Crippen LogP contribution in [0.5, 0.6) is 0 Å². The number of carbonyl (C=O) groups is 1. The van der Waals surface area contributed by atoms with Gasteiger partial charge in [-0.25, -0.2) is 9.97 Å². The van der Waals surface area contributed by atoms with Crippen molar-refractivity contribution in [3.05, 3.63) is 18.1 Å². The van der Waals surface area contributed by atoms with Crippen molar-refractivity contribution in [3.8, 4) is 0 Å². The van der Waals surface area contributed by atoms with Crippen molar-refractivity contribution in [3.63, 3.8) is 0 Å². The Bertz CT molecular complexity index is 418. The van der Waals surface area contributed by atoms with Gasteiger partial charge >= 0.3 is 0 Å². The molecule has 0 aliphatic carbocycles. The van der Waals surface area contributed by atoms with Gasteiger partial charge in [-0.15, -0.1) is 0 Å². The second-order valence-corrected chi connectivity index (χ2v) is 6.20. The molecular weight excluding hydrogens is 272 g/mol. The molecule has 0 unspecified atom stereocenters. The Hall–Kier alpha value is -1.30. The third-order valence-electron chi connectivity index (χ3n) is 3.33. The van der Waals surface area contributed by atoms with Gasteiger partial charge in [0.2, 0.25) is 0 Å². The van der Waals surface area contributed by atoms with E-state index in [0.717, 1.165) is 19.5 Å². The summed E-state index contributed by atoms with van der Waals surface area (Å²) in [7, 11) is 0. The maximum Gasteiger partial charge on any atom is 0.271 e. The van der Waals surface area contributed by atoms with E-state index in [2.05, 4.69) is 27.5 Å². The Morgan fingerprint density at radius 3 is 2.80 bits per heavy atom. The fourth-order valence-corrected chi connectivity index (χ4v) is 3.27. The minimum absolute atomic E-state index is 0.127. The van der Waals surface area contributed by atoms with E-state index in [4.69, 9.17) is 0 Å². The zero-order valence-electron chi connectivity index (χ0n) is 11.9. The second-order valence-electron chi connectivity index (χ2n) is 4.98. The molecule has 0 aromatic carbocycles. The molecule has 1 fully saturated rings. The van der Waals surface area contributed by atoms with Gasteiger partial charge in [-0.1, -0.05) is 6.92 Å². The molecule has 0 radical (unpaired) electrons. The highest BCUT2D eigenvalue weighted by Gasteiger charge is 2.15. The van der Waals surface area contributed by atoms with Crippen LogP contribution in [0.2, 0.25) is 0 Å². The van der Waals surface area contributed by atoms with Gasteiger partial charge in [0.1, 0.15) is 11.5 Å². The first-order valence-electron chi connectivity index (χ1n) is 7.21. The van der Waals surface area contributed by atoms with E-state index in [1.165, 1.54) is 30.5 Å². The fraction of sp³-hybridized carbons (Fsp3) is 0.643. The van der Waals surface area contributed by atoms with Crippen LogP contribution in [0.4, 0.5) is 5.82 Å². The predicted molar refractivity (Wildman–Crippen MR) is 83.2 cm³/mol. The van der Waals surface area contributed by atoms with Gasteiger partial charge in [0.15, 0.2) is 0 Å². The molecule has 0 atom stereocenters. The van der Waals surface area contributed by atoms with Crippen LogP contribution < -0.4 is 10.6 Å². The molecule has 2 N–H and O–H groups in total. The van der Waals surface area contributed by atoms with Gasteiger partial charge in [0.05, 0.1) is 12.4 Å². The lowest BCUT2D eigenvalue weighted by Gasteiger charge is -2.21. The highest BCUT2D eigenvalue weighted by Crippen LogP contribution is 2.21. The number of carbonyl (C=O) groups excluding carboxylic acids is 1. The lowest BCUT2D eigenvalue weighted by atomic mass is 10.0. The minimum Gasteiger partial charge on any atom is -0.369 e. The van der Waals surface area contributed by atoms with Crippen LogP contribution in [0, 0.1) is 5.92 Å². The van der Waals surface area contributed by atoms with E-state index in [1.807, 2.05) is 11.8 Å². The van der Waals surface area contributed by atoms with Gasteiger partial charge in [-0.2, -0.15) is 11.8 Å². The number of anilines is 1. The molecule has 1 amide bonds. The molecular formula is C14H22N4OS. The first kappa shape index (κ1) is 15.1. The summed E-state index contributed by atoms with van der Waals surface area (Å²) < 4.78 is 0. The van der Waals surface area contributed by atoms with E-state index in [0.29, 0.717) is 17.4 Å². The smallest absolute Gasteiger partial charge is 0.271 e. The molecule has 1 aromatic heterocycles. The van der Waals surface area contributed by atoms with Crippen molar-refractivity contribution in [2.45, 2.75) is 26.2 Å². The van der Waals surface area contributed by atoms with E-state index in [-0.39, 0.29) is 5.91 Å². The fourth-order valence-electron chi connectivity index (χ4n) is 2.07. The summed E-state index contributed by atoms with van der Waals surface area (Å²) in [6.45, 7) is 3.70. The van der Waals surface area contributed by atoms with Crippen LogP contribution in [-0.4, -0.2) is 40.5 Å². The molecule has 2 heterocycles. The summed E-state index contributed by atoms with van der Waals surface area (Å²) >= 11 is 2.00. The van der Waals surface area contributed by atoms with Crippen LogP contribution >= 0.6 is 11.8 Å². The van der Waals surface area contributed by atoms with Gasteiger partial charge < -0.3 is 10.6 Å². The quantitative estimate of drug-likeness (QED) is 0.841. The van der Waals surface area contributed by atoms with Crippen molar-refractivity contribution in [1.29, 1.82) is 0 Å². The molecule has 0 saturated carbocycles. The van der Waals surface area contributed by atoms with E-state index >= 15 is 0 Å². The largest absolute Gasteiger partial charge is 0.369 e. The zero-order valence-corrected chi connectivity index (χ0v) is 12.7. The Morgan fingerprint density at radius 1 is 1.35 bits per heavy atom. The third-order valence-corrected chi connectivity index (χ3v) is 4.38. The monoisotopic (exact) mass is 294 g/mol. The van der Waals surface area contributed by atoms with Crippen LogP contribution in [0.3, 0.4) is 0 Å². The summed E-state index contributed by atoms with van der Waals surface area (Å²) in [5.74, 6) is 3.61. The summed E-state index contributed by atoms with van der Waals surface area (Å²) in [6, 6.07) is 0. The van der Waals surface area contributed by atoms with Crippen LogP contribution in [-0.2, 0) is 0 Å². The molecule has 110 valence electrons. The molecule has 6 heteroatoms. The molecule has 1 aliphatic rings. The second kappa shape index (κ2) is 8.09. The normalized spacial score (nSPS) is 15.8. The topological polar surface area (TPSA) is 66.9 Å². The van der Waals surface area contributed by atoms with E-state index in [9.17, 15) is 4.79 Å². The number of hydrogen-bond donors (Lipinski definition) is 2. The number of rotatable bonds is 6. The zero-order chi connectivity index (χ0) is 14.2. The molecule has 20 heavy (non-hydrogen) atoms. The van der Waals surface area contributed by atoms with Crippen LogP contribution in [0.15, 0.2) is 12.4 Å². The van der Waals surface area contributed by atoms with Crippen molar-refractivity contribution >= 4 is 23.5 Å². The standard InChI is InChI=1S/C14H22N4OS/c1-2-5-15-13-10-16-12(9-17-13)14(19)18-8-11-3-6-20-7-4-11/h9-11H,2-8H2,1H3,(H,15,17)(H,18,19). The lowest BCUT2D eigenvalue weighted by Crippen LogP contribution is -2.31. The summed E-state index contributed by atoms with van der Waals surface area (Å²) in [5.41, 5.74) is 0.386. The SMILES string of the molecule is CCCNc1cnc(C(=O)NCC2CCSCC2)cn1. The predicted octanol–water partition coefficient (Wildman–Crippen LogP) is 2.17. The number of thioether (sulfide) groups is 1. The number of aromatic nitrogens is 2. The number of nitrogens with zero attached hydrogens (tertiary/aromatic N) is 2. The average molecular weight is 294 g/mol. The number of amides is 1. The maximum atomic E-state index is 12.0. The first-order chi connectivity index (χ1) is 9.79. The molecule has 0 spiro atoms. The van der Waals surface area contributed by atoms with Crippen molar-refractivity contribution < 1.29 is 4.79 Å². The Morgan fingerprint density at radius 2 is 2.15 bits per heavy atom. The molecule has 1 aliphatic heterocycles. The molecule has 1 aromatic rings. The molecule has 5 nitrogen and oxygen atoms in total. The van der Waals surface area contributed by atoms with Crippen LogP contribution in [0.1, 0.15) is 36.7 Å². The average Bonchev–Trinajstić information content (AvgIpc) is 2.52. The molecule has 2 rings (SSSR count). The van der Waals surface area contributed by atoms with Crippen molar-refractivity contribution in [1.82, 2.24) is 15.3 Å². The summed E-state index contributed by atoms with van der Waals surface area (Å²) in [5, 5.41) is 6.10. The van der Waals surface area contributed by atoms with Gasteiger partial charge in [-0.05, 0) is 36.7 Å². The summed E-state index contributed by atoms with van der Waals surface area (Å²) in [6.07, 6.45) is 6.56. The molecule has 0 bridgehead atoms. The summed E-state index contributed by atoms with van der Waals surface area (Å²) in [4.78, 5) is 20.3. The first-order valence-corrected chi connectivity index (χ1v) is 8.37. The highest BCUT2D eigenvalue weighted by atomic mass is 32.2. The van der Waals surface area contributed by atoms with E-state index in [1.54, 1.807) is 6.20 Å². The maximum absolute atomic E-state index is 12.0. The van der Waals surface area contributed by atoms with E-state index < -0.39 is 0 Å². The van der Waals surface area contributed by atoms with Crippen molar-refractivity contribution in [2.24, 2.45) is 5.92 Å². The van der Waals surface area contributed by atoms with Gasteiger partial charge in [0, 0.05) is 13.1 Å². The lowest BCUT2D eigenvalue weighted by molar-refractivity contribution is 0.0941. The third kappa shape index (κ3) is 4.67. The minimum atomic E-state index is -0.127. The number of nitrogens with one attached hydrogen (secondary N) is 2.